The lowest BCUT2D eigenvalue weighted by atomic mass is 9.57. The molecule has 1 amide bonds. The van der Waals surface area contributed by atoms with Gasteiger partial charge in [-0.1, -0.05) is 0 Å². The molecule has 15 heteroatoms. The number of rotatable bonds is 5. The van der Waals surface area contributed by atoms with E-state index < -0.39 is 96.5 Å². The summed E-state index contributed by atoms with van der Waals surface area (Å²) in [6.45, 7) is 0. The number of benzene rings is 1. The molecule has 13 nitrogen and oxygen atoms in total. The maximum absolute atomic E-state index is 15.4. The lowest BCUT2D eigenvalue weighted by Crippen LogP contribution is -2.65. The van der Waals surface area contributed by atoms with Crippen molar-refractivity contribution in [2.75, 3.05) is 18.8 Å². The Balaban J connectivity index is 1.67. The molecule has 1 aromatic carbocycles. The number of hydrogen-bond donors (Lipinski definition) is 6. The third kappa shape index (κ3) is 3.99. The average molecular weight is 589 g/mol. The molecule has 1 heterocycles. The zero-order chi connectivity index (χ0) is 30.2. The number of nitrogens with zero attached hydrogens (tertiary/aromatic N) is 2. The highest BCUT2D eigenvalue weighted by Gasteiger charge is 2.64. The minimum Gasteiger partial charge on any atom is -0.508 e. The smallest absolute Gasteiger partial charge is 0.263 e. The molecule has 0 spiro atoms. The molecule has 3 aliphatic carbocycles. The summed E-state index contributed by atoms with van der Waals surface area (Å²) in [6.07, 6.45) is 1.84. The van der Waals surface area contributed by atoms with Crippen molar-refractivity contribution in [2.24, 2.45) is 17.6 Å². The van der Waals surface area contributed by atoms with Gasteiger partial charge in [-0.05, 0) is 45.0 Å². The number of sulfonamides is 1. The van der Waals surface area contributed by atoms with Gasteiger partial charge < -0.3 is 26.2 Å². The zero-order valence-corrected chi connectivity index (χ0v) is 22.4. The summed E-state index contributed by atoms with van der Waals surface area (Å²) in [7, 11) is -1.45. The van der Waals surface area contributed by atoms with Crippen LogP contribution in [-0.2, 0) is 30.8 Å². The van der Waals surface area contributed by atoms with Crippen LogP contribution in [0.15, 0.2) is 52.4 Å². The molecular formula is C26H25FN4O9S. The highest BCUT2D eigenvalue weighted by molar-refractivity contribution is 7.92. The minimum atomic E-state index is -4.36. The molecule has 41 heavy (non-hydrogen) atoms. The largest absolute Gasteiger partial charge is 0.508 e. The first-order chi connectivity index (χ1) is 19.1. The van der Waals surface area contributed by atoms with E-state index in [1.165, 1.54) is 37.3 Å². The van der Waals surface area contributed by atoms with E-state index in [9.17, 15) is 43.2 Å². The van der Waals surface area contributed by atoms with E-state index in [0.29, 0.717) is 0 Å². The van der Waals surface area contributed by atoms with Crippen LogP contribution >= 0.6 is 0 Å². The van der Waals surface area contributed by atoms with Gasteiger partial charge in [0.25, 0.3) is 15.9 Å². The van der Waals surface area contributed by atoms with Crippen LogP contribution in [0.5, 0.6) is 5.75 Å². The molecule has 216 valence electrons. The summed E-state index contributed by atoms with van der Waals surface area (Å²) in [4.78, 5) is 43.8. The maximum Gasteiger partial charge on any atom is 0.263 e. The molecule has 5 rings (SSSR count). The fourth-order valence-corrected chi connectivity index (χ4v) is 7.07. The molecule has 0 aliphatic heterocycles. The van der Waals surface area contributed by atoms with Crippen molar-refractivity contribution in [3.05, 3.63) is 64.4 Å². The standard InChI is InChI=1S/C26H25FN4O9S/c1-31(2)19-13-7-10-6-12-14(27)8-15(30-41(39,40)11-4-3-5-29-9-11)20(32)17(12)21(33)16(10)23(35)26(13,38)24(36)18(22(19)34)25(28)37/h3-5,8-10,13,19,30,32-33,36,38H,6-7H2,1-2H3,(H2,28,37)/t10-,13-,19-,26-/m0/s1. The quantitative estimate of drug-likeness (QED) is 0.206. The number of likely N-dealkylation sites (N-methyl/N-ethyl adjacent to an activating group) is 1. The molecular weight excluding hydrogens is 563 g/mol. The van der Waals surface area contributed by atoms with Gasteiger partial charge in [0.15, 0.2) is 17.1 Å². The first-order valence-electron chi connectivity index (χ1n) is 12.2. The number of nitrogens with two attached hydrogens (primary N) is 1. The summed E-state index contributed by atoms with van der Waals surface area (Å²) in [6, 6.07) is 1.99. The topological polar surface area (TPSA) is 220 Å². The number of carbonyl (C=O) groups excluding carboxylic acids is 3. The molecule has 4 atom stereocenters. The molecule has 0 unspecified atom stereocenters. The van der Waals surface area contributed by atoms with E-state index in [1.54, 1.807) is 0 Å². The first-order valence-corrected chi connectivity index (χ1v) is 13.7. The molecule has 0 radical (unpaired) electrons. The number of Topliss-reactive ketones (excluding diaryl/α,β-unsaturated/α-hetero) is 2. The number of ketones is 2. The van der Waals surface area contributed by atoms with Gasteiger partial charge in [0.1, 0.15) is 27.8 Å². The van der Waals surface area contributed by atoms with Crippen LogP contribution < -0.4 is 10.5 Å². The van der Waals surface area contributed by atoms with Crippen molar-refractivity contribution in [3.8, 4) is 5.75 Å². The summed E-state index contributed by atoms with van der Waals surface area (Å²) in [5, 5.41) is 44.7. The number of phenolic OH excluding ortho intramolecular Hbond substituents is 1. The fourth-order valence-electron chi connectivity index (χ4n) is 6.05. The number of carbonyl (C=O) groups is 3. The Morgan fingerprint density at radius 1 is 1.24 bits per heavy atom. The Morgan fingerprint density at radius 3 is 2.51 bits per heavy atom. The van der Waals surface area contributed by atoms with Crippen LogP contribution in [-0.4, -0.2) is 81.9 Å². The van der Waals surface area contributed by atoms with Crippen LogP contribution in [0, 0.1) is 17.7 Å². The molecule has 2 aromatic rings. The number of anilines is 1. The van der Waals surface area contributed by atoms with Crippen molar-refractivity contribution in [2.45, 2.75) is 29.4 Å². The number of hydrogen-bond acceptors (Lipinski definition) is 11. The van der Waals surface area contributed by atoms with Crippen molar-refractivity contribution >= 4 is 38.9 Å². The van der Waals surface area contributed by atoms with E-state index >= 15 is 4.39 Å². The predicted molar refractivity (Wildman–Crippen MR) is 139 cm³/mol. The monoisotopic (exact) mass is 588 g/mol. The number of aliphatic hydroxyl groups is 3. The van der Waals surface area contributed by atoms with Crippen molar-refractivity contribution in [1.82, 2.24) is 9.88 Å². The second kappa shape index (κ2) is 9.36. The minimum absolute atomic E-state index is 0.221. The number of halogens is 1. The molecule has 1 aromatic heterocycles. The van der Waals surface area contributed by atoms with Gasteiger partial charge in [-0.3, -0.25) is 29.0 Å². The van der Waals surface area contributed by atoms with Gasteiger partial charge in [0.05, 0.1) is 17.3 Å². The summed E-state index contributed by atoms with van der Waals surface area (Å²) >= 11 is 0. The van der Waals surface area contributed by atoms with Gasteiger partial charge in [0.2, 0.25) is 5.78 Å². The van der Waals surface area contributed by atoms with Crippen LogP contribution in [0.4, 0.5) is 10.1 Å². The molecule has 3 aliphatic rings. The summed E-state index contributed by atoms with van der Waals surface area (Å²) in [5.41, 5.74) is -0.518. The number of primary amides is 1. The fraction of sp³-hybridized carbons (Fsp3) is 0.308. The van der Waals surface area contributed by atoms with Gasteiger partial charge in [0, 0.05) is 35.5 Å². The third-order valence-electron chi connectivity index (χ3n) is 7.86. The van der Waals surface area contributed by atoms with Gasteiger partial charge >= 0.3 is 0 Å². The highest BCUT2D eigenvalue weighted by atomic mass is 32.2. The maximum atomic E-state index is 15.4. The molecule has 0 saturated heterocycles. The zero-order valence-electron chi connectivity index (χ0n) is 21.6. The van der Waals surface area contributed by atoms with Crippen molar-refractivity contribution < 1.29 is 47.6 Å². The number of aliphatic hydroxyl groups excluding tert-OH is 2. The lowest BCUT2D eigenvalue weighted by molar-refractivity contribution is -0.153. The van der Waals surface area contributed by atoms with Gasteiger partial charge in [-0.15, -0.1) is 0 Å². The molecule has 7 N–H and O–H groups in total. The van der Waals surface area contributed by atoms with Crippen molar-refractivity contribution in [3.63, 3.8) is 0 Å². The van der Waals surface area contributed by atoms with E-state index in [2.05, 4.69) is 4.98 Å². The normalized spacial score (nSPS) is 26.0. The Bertz CT molecular complexity index is 1700. The van der Waals surface area contributed by atoms with E-state index in [0.717, 1.165) is 12.3 Å². The Labute approximate surface area is 232 Å². The van der Waals surface area contributed by atoms with Crippen molar-refractivity contribution in [1.29, 1.82) is 0 Å². The predicted octanol–water partition coefficient (Wildman–Crippen LogP) is 0.299. The molecule has 0 bridgehead atoms. The third-order valence-corrected chi connectivity index (χ3v) is 9.21. The van der Waals surface area contributed by atoms with E-state index in [-0.39, 0.29) is 23.3 Å². The SMILES string of the molecule is CN(C)[C@@H]1C(=O)C(C(N)=O)=C(O)[C@@]2(O)C(=O)C3=C(O)c4c(O)c(NS(=O)(=O)c5cccnc5)cc(F)c4C[C@H]3C[C@@H]12. The number of pyridine rings is 1. The highest BCUT2D eigenvalue weighted by Crippen LogP contribution is 2.53. The Hall–Kier alpha value is -4.34. The number of phenols is 1. The van der Waals surface area contributed by atoms with Crippen LogP contribution in [0.3, 0.4) is 0 Å². The van der Waals surface area contributed by atoms with E-state index in [1.807, 2.05) is 4.72 Å². The van der Waals surface area contributed by atoms with Gasteiger partial charge in [-0.2, -0.15) is 0 Å². The lowest BCUT2D eigenvalue weighted by Gasteiger charge is -2.50. The first kappa shape index (κ1) is 28.2. The number of amides is 1. The number of aromatic nitrogens is 1. The Kier molecular flexibility index (Phi) is 6.44. The average Bonchev–Trinajstić information content (AvgIpc) is 2.89. The molecule has 1 fully saturated rings. The summed E-state index contributed by atoms with van der Waals surface area (Å²) in [5.74, 6) is -10.00. The molecule has 1 saturated carbocycles. The van der Waals surface area contributed by atoms with E-state index in [4.69, 9.17) is 5.73 Å². The Morgan fingerprint density at radius 2 is 1.93 bits per heavy atom. The van der Waals surface area contributed by atoms with Gasteiger partial charge in [-0.25, -0.2) is 12.8 Å². The number of fused-ring (bicyclic) bond motifs is 3. The second-order valence-corrected chi connectivity index (χ2v) is 12.0. The summed E-state index contributed by atoms with van der Waals surface area (Å²) < 4.78 is 43.0. The number of aromatic hydroxyl groups is 1. The number of nitrogens with one attached hydrogen (secondary N) is 1. The van der Waals surface area contributed by atoms with Crippen LogP contribution in [0.2, 0.25) is 0 Å². The van der Waals surface area contributed by atoms with Crippen LogP contribution in [0.25, 0.3) is 5.76 Å². The second-order valence-electron chi connectivity index (χ2n) is 10.4. The van der Waals surface area contributed by atoms with Crippen LogP contribution in [0.1, 0.15) is 17.5 Å².